The van der Waals surface area contributed by atoms with Gasteiger partial charge in [0.05, 0.1) is 6.61 Å². The predicted molar refractivity (Wildman–Crippen MR) is 115 cm³/mol. The molecule has 1 aromatic carbocycles. The molecule has 0 aliphatic heterocycles. The number of para-hydroxylation sites is 1. The average Bonchev–Trinajstić information content (AvgIpc) is 2.60. The summed E-state index contributed by atoms with van der Waals surface area (Å²) in [5.41, 5.74) is 4.56. The Balaban J connectivity index is 0.00000141. The third kappa shape index (κ3) is 19.4. The molecule has 0 aliphatic rings. The van der Waals surface area contributed by atoms with E-state index in [4.69, 9.17) is 14.5 Å². The Bertz CT molecular complexity index is 471. The van der Waals surface area contributed by atoms with Gasteiger partial charge in [-0.2, -0.15) is 0 Å². The van der Waals surface area contributed by atoms with Gasteiger partial charge in [0.25, 0.3) is 0 Å². The lowest BCUT2D eigenvalue weighted by Crippen LogP contribution is -1.96. The summed E-state index contributed by atoms with van der Waals surface area (Å²) in [7, 11) is -2.40. The first kappa shape index (κ1) is 25.0. The molecule has 0 aromatic heterocycles. The van der Waals surface area contributed by atoms with Crippen molar-refractivity contribution in [3.63, 3.8) is 0 Å². The molecular formula is C19H35N2O3PS. The minimum atomic E-state index is -2.40. The first-order chi connectivity index (χ1) is 12.6. The van der Waals surface area contributed by atoms with Crippen LogP contribution in [-0.4, -0.2) is 11.8 Å². The Labute approximate surface area is 164 Å². The highest BCUT2D eigenvalue weighted by molar-refractivity contribution is 7.96. The topological polar surface area (TPSA) is 85.4 Å². The summed E-state index contributed by atoms with van der Waals surface area (Å²) in [6.07, 6.45) is 12.8. The summed E-state index contributed by atoms with van der Waals surface area (Å²) in [5, 5.41) is 6.00. The van der Waals surface area contributed by atoms with E-state index in [0.717, 1.165) is 12.8 Å². The molecule has 1 aromatic rings. The van der Waals surface area contributed by atoms with Gasteiger partial charge in [-0.3, -0.25) is 5.41 Å². The minimum Gasteiger partial charge on any atom is -0.426 e. The summed E-state index contributed by atoms with van der Waals surface area (Å²) >= 11 is 3.33. The highest BCUT2D eigenvalue weighted by atomic mass is 32.1. The van der Waals surface area contributed by atoms with Crippen LogP contribution >= 0.6 is 20.9 Å². The second-order valence-electron chi connectivity index (χ2n) is 6.08. The van der Waals surface area contributed by atoms with Gasteiger partial charge < -0.3 is 14.8 Å². The molecule has 7 heteroatoms. The van der Waals surface area contributed by atoms with Crippen LogP contribution in [0.3, 0.4) is 0 Å². The van der Waals surface area contributed by atoms with Gasteiger partial charge in [-0.1, -0.05) is 82.9 Å². The lowest BCUT2D eigenvalue weighted by molar-refractivity contribution is 0.277. The van der Waals surface area contributed by atoms with Crippen LogP contribution in [-0.2, 0) is 9.09 Å². The SMILES string of the molecule is CCCCCCCCCCCCO[PH](=O)Oc1ccccc1.N=C(N)S. The molecule has 1 atom stereocenters. The summed E-state index contributed by atoms with van der Waals surface area (Å²) < 4.78 is 22.1. The van der Waals surface area contributed by atoms with E-state index in [1.165, 1.54) is 51.4 Å². The van der Waals surface area contributed by atoms with Gasteiger partial charge in [0, 0.05) is 0 Å². The third-order valence-electron chi connectivity index (χ3n) is 3.66. The van der Waals surface area contributed by atoms with Crippen molar-refractivity contribution in [1.82, 2.24) is 0 Å². The molecule has 1 unspecified atom stereocenters. The van der Waals surface area contributed by atoms with Crippen molar-refractivity contribution in [2.45, 2.75) is 71.1 Å². The number of hydrogen-bond donors (Lipinski definition) is 3. The van der Waals surface area contributed by atoms with Crippen LogP contribution in [0, 0.1) is 5.41 Å². The maximum Gasteiger partial charge on any atom is 0.367 e. The fraction of sp³-hybridized carbons (Fsp3) is 0.632. The summed E-state index contributed by atoms with van der Waals surface area (Å²) in [5.74, 6) is 0.606. The molecule has 0 amide bonds. The van der Waals surface area contributed by atoms with Crippen LogP contribution in [0.25, 0.3) is 0 Å². The molecule has 1 rings (SSSR count). The van der Waals surface area contributed by atoms with Gasteiger partial charge in [-0.05, 0) is 18.6 Å². The van der Waals surface area contributed by atoms with Crippen LogP contribution < -0.4 is 10.3 Å². The van der Waals surface area contributed by atoms with Crippen molar-refractivity contribution < 1.29 is 13.6 Å². The summed E-state index contributed by atoms with van der Waals surface area (Å²) in [6, 6.07) is 9.17. The lowest BCUT2D eigenvalue weighted by atomic mass is 10.1. The molecule has 5 nitrogen and oxygen atoms in total. The van der Waals surface area contributed by atoms with Gasteiger partial charge in [-0.15, -0.1) is 12.6 Å². The molecule has 0 fully saturated rings. The average molecular weight is 403 g/mol. The van der Waals surface area contributed by atoms with Gasteiger partial charge >= 0.3 is 8.25 Å². The summed E-state index contributed by atoms with van der Waals surface area (Å²) in [4.78, 5) is 0. The zero-order valence-corrected chi connectivity index (χ0v) is 17.8. The van der Waals surface area contributed by atoms with Gasteiger partial charge in [0.2, 0.25) is 0 Å². The summed E-state index contributed by atoms with van der Waals surface area (Å²) in [6.45, 7) is 2.78. The number of amidine groups is 1. The van der Waals surface area contributed by atoms with Crippen molar-refractivity contribution in [3.8, 4) is 5.75 Å². The van der Waals surface area contributed by atoms with Crippen molar-refractivity contribution in [1.29, 1.82) is 5.41 Å². The quantitative estimate of drug-likeness (QED) is 0.114. The Kier molecular flexibility index (Phi) is 18.1. The van der Waals surface area contributed by atoms with E-state index in [-0.39, 0.29) is 5.17 Å². The molecule has 150 valence electrons. The molecular weight excluding hydrogens is 367 g/mol. The zero-order chi connectivity index (χ0) is 19.5. The molecule has 26 heavy (non-hydrogen) atoms. The Morgan fingerprint density at radius 3 is 1.96 bits per heavy atom. The Morgan fingerprint density at radius 2 is 1.46 bits per heavy atom. The maximum atomic E-state index is 11.6. The number of hydrogen-bond acceptors (Lipinski definition) is 4. The third-order valence-corrected chi connectivity index (χ3v) is 4.50. The van der Waals surface area contributed by atoms with Crippen molar-refractivity contribution in [2.75, 3.05) is 6.61 Å². The maximum absolute atomic E-state index is 11.6. The van der Waals surface area contributed by atoms with E-state index >= 15 is 0 Å². The van der Waals surface area contributed by atoms with Crippen LogP contribution in [0.2, 0.25) is 0 Å². The first-order valence-electron chi connectivity index (χ1n) is 9.49. The Morgan fingerprint density at radius 1 is 1.00 bits per heavy atom. The number of nitrogens with two attached hydrogens (primary N) is 1. The van der Waals surface area contributed by atoms with Crippen molar-refractivity contribution in [2.24, 2.45) is 5.73 Å². The van der Waals surface area contributed by atoms with E-state index in [1.54, 1.807) is 12.1 Å². The monoisotopic (exact) mass is 402 g/mol. The predicted octanol–water partition coefficient (Wildman–Crippen LogP) is 6.20. The molecule has 0 heterocycles. The standard InChI is InChI=1S/C18H31O3P.CH4N2S/c1-2-3-4-5-6-7-8-9-10-14-17-20-22(19)21-18-15-12-11-13-16-18;2-1(3)4/h11-13,15-16,22H,2-10,14,17H2,1H3;(H4,2,3,4). The number of nitrogens with one attached hydrogen (secondary N) is 1. The fourth-order valence-corrected chi connectivity index (χ4v) is 3.06. The van der Waals surface area contributed by atoms with Crippen molar-refractivity contribution in [3.05, 3.63) is 30.3 Å². The van der Waals surface area contributed by atoms with Gasteiger partial charge in [0.1, 0.15) is 10.9 Å². The van der Waals surface area contributed by atoms with Crippen LogP contribution in [0.5, 0.6) is 5.75 Å². The number of thiol groups is 1. The van der Waals surface area contributed by atoms with Crippen LogP contribution in [0.4, 0.5) is 0 Å². The van der Waals surface area contributed by atoms with Crippen molar-refractivity contribution >= 4 is 26.1 Å². The molecule has 0 saturated heterocycles. The molecule has 3 N–H and O–H groups in total. The smallest absolute Gasteiger partial charge is 0.367 e. The van der Waals surface area contributed by atoms with E-state index in [9.17, 15) is 4.57 Å². The second kappa shape index (κ2) is 18.8. The van der Waals surface area contributed by atoms with Crippen LogP contribution in [0.1, 0.15) is 71.1 Å². The van der Waals surface area contributed by atoms with Gasteiger partial charge in [0.15, 0.2) is 0 Å². The first-order valence-corrected chi connectivity index (χ1v) is 11.2. The van der Waals surface area contributed by atoms with E-state index < -0.39 is 8.25 Å². The molecule has 0 bridgehead atoms. The highest BCUT2D eigenvalue weighted by Gasteiger charge is 2.01. The normalized spacial score (nSPS) is 11.3. The van der Waals surface area contributed by atoms with E-state index in [2.05, 4.69) is 25.3 Å². The molecule has 0 radical (unpaired) electrons. The van der Waals surface area contributed by atoms with Gasteiger partial charge in [-0.25, -0.2) is 4.57 Å². The van der Waals surface area contributed by atoms with E-state index in [0.29, 0.717) is 12.4 Å². The zero-order valence-electron chi connectivity index (χ0n) is 15.9. The number of benzene rings is 1. The Hall–Kier alpha value is -0.970. The van der Waals surface area contributed by atoms with Crippen LogP contribution in [0.15, 0.2) is 30.3 Å². The largest absolute Gasteiger partial charge is 0.426 e. The second-order valence-corrected chi connectivity index (χ2v) is 7.56. The highest BCUT2D eigenvalue weighted by Crippen LogP contribution is 2.27. The molecule has 0 saturated carbocycles. The lowest BCUT2D eigenvalue weighted by Gasteiger charge is -2.06. The molecule has 0 spiro atoms. The fourth-order valence-electron chi connectivity index (χ4n) is 2.36. The van der Waals surface area contributed by atoms with E-state index in [1.807, 2.05) is 18.2 Å². The minimum absolute atomic E-state index is 0.139. The number of rotatable bonds is 14. The molecule has 0 aliphatic carbocycles. The number of unbranched alkanes of at least 4 members (excludes halogenated alkanes) is 9.